The van der Waals surface area contributed by atoms with E-state index in [0.717, 1.165) is 18.8 Å². The van der Waals surface area contributed by atoms with E-state index in [0.29, 0.717) is 30.2 Å². The highest BCUT2D eigenvalue weighted by atomic mass is 16.5. The van der Waals surface area contributed by atoms with Gasteiger partial charge in [-0.05, 0) is 30.3 Å². The second kappa shape index (κ2) is 10.3. The molecule has 0 atom stereocenters. The number of anilines is 3. The van der Waals surface area contributed by atoms with Crippen LogP contribution in [0.1, 0.15) is 6.92 Å². The normalized spacial score (nSPS) is 13.4. The fourth-order valence-corrected chi connectivity index (χ4v) is 3.36. The summed E-state index contributed by atoms with van der Waals surface area (Å²) in [5.41, 5.74) is 2.07. The molecule has 0 aromatic heterocycles. The highest BCUT2D eigenvalue weighted by molar-refractivity contribution is 5.97. The molecule has 0 radical (unpaired) electrons. The maximum absolute atomic E-state index is 12.4. The highest BCUT2D eigenvalue weighted by Crippen LogP contribution is 2.27. The topological polar surface area (TPSA) is 103 Å². The predicted molar refractivity (Wildman–Crippen MR) is 120 cm³/mol. The zero-order valence-electron chi connectivity index (χ0n) is 17.7. The van der Waals surface area contributed by atoms with Crippen LogP contribution in [0.5, 0.6) is 5.75 Å². The molecule has 31 heavy (non-hydrogen) atoms. The standard InChI is InChI=1S/C22H27N5O4/c1-16(28)24-17-8-9-20(31-2)19(14-17)25-21(29)15-23-22(30)27-12-10-26(11-13-27)18-6-4-3-5-7-18/h3-9,14H,10-13,15H2,1-2H3,(H,23,30)(H,24,28)(H,25,29). The molecule has 3 rings (SSSR count). The number of benzene rings is 2. The summed E-state index contributed by atoms with van der Waals surface area (Å²) in [5, 5.41) is 8.01. The maximum atomic E-state index is 12.4. The van der Waals surface area contributed by atoms with E-state index in [4.69, 9.17) is 4.74 Å². The molecule has 9 nitrogen and oxygen atoms in total. The molecule has 1 fully saturated rings. The van der Waals surface area contributed by atoms with E-state index in [1.165, 1.54) is 14.0 Å². The fraction of sp³-hybridized carbons (Fsp3) is 0.318. The number of ether oxygens (including phenoxy) is 1. The Hall–Kier alpha value is -3.75. The average molecular weight is 425 g/mol. The Morgan fingerprint density at radius 2 is 1.68 bits per heavy atom. The van der Waals surface area contributed by atoms with E-state index in [9.17, 15) is 14.4 Å². The number of nitrogens with zero attached hydrogens (tertiary/aromatic N) is 2. The number of piperazine rings is 1. The van der Waals surface area contributed by atoms with Crippen LogP contribution < -0.4 is 25.6 Å². The molecule has 4 amide bonds. The molecular formula is C22H27N5O4. The largest absolute Gasteiger partial charge is 0.495 e. The molecule has 2 aromatic carbocycles. The zero-order valence-corrected chi connectivity index (χ0v) is 17.7. The first-order valence-corrected chi connectivity index (χ1v) is 10.0. The van der Waals surface area contributed by atoms with Crippen molar-refractivity contribution >= 4 is 34.9 Å². The van der Waals surface area contributed by atoms with Crippen LogP contribution >= 0.6 is 0 Å². The van der Waals surface area contributed by atoms with Crippen molar-refractivity contribution in [3.8, 4) is 5.75 Å². The first-order chi connectivity index (χ1) is 15.0. The van der Waals surface area contributed by atoms with Gasteiger partial charge in [0.25, 0.3) is 0 Å². The van der Waals surface area contributed by atoms with E-state index in [1.54, 1.807) is 23.1 Å². The van der Waals surface area contributed by atoms with Crippen LogP contribution in [0.4, 0.5) is 21.9 Å². The summed E-state index contributed by atoms with van der Waals surface area (Å²) in [7, 11) is 1.49. The van der Waals surface area contributed by atoms with Crippen LogP contribution in [-0.4, -0.2) is 62.6 Å². The van der Waals surface area contributed by atoms with E-state index < -0.39 is 5.91 Å². The van der Waals surface area contributed by atoms with Crippen molar-refractivity contribution in [2.75, 3.05) is 55.4 Å². The lowest BCUT2D eigenvalue weighted by Gasteiger charge is -2.36. The SMILES string of the molecule is COc1ccc(NC(C)=O)cc1NC(=O)CNC(=O)N1CCN(c2ccccc2)CC1. The summed E-state index contributed by atoms with van der Waals surface area (Å²) in [6.07, 6.45) is 0. The molecule has 0 bridgehead atoms. The number of nitrogens with one attached hydrogen (secondary N) is 3. The predicted octanol–water partition coefficient (Wildman–Crippen LogP) is 2.12. The van der Waals surface area contributed by atoms with Gasteiger partial charge < -0.3 is 30.5 Å². The average Bonchev–Trinajstić information content (AvgIpc) is 2.78. The van der Waals surface area contributed by atoms with Crippen LogP contribution in [0.3, 0.4) is 0 Å². The Morgan fingerprint density at radius 1 is 0.968 bits per heavy atom. The highest BCUT2D eigenvalue weighted by Gasteiger charge is 2.21. The lowest BCUT2D eigenvalue weighted by Crippen LogP contribution is -2.52. The monoisotopic (exact) mass is 425 g/mol. The molecule has 164 valence electrons. The van der Waals surface area contributed by atoms with Gasteiger partial charge in [-0.1, -0.05) is 18.2 Å². The van der Waals surface area contributed by atoms with Gasteiger partial charge in [0, 0.05) is 44.5 Å². The third kappa shape index (κ3) is 6.11. The Balaban J connectivity index is 1.48. The van der Waals surface area contributed by atoms with Crippen LogP contribution in [0.15, 0.2) is 48.5 Å². The van der Waals surface area contributed by atoms with Crippen LogP contribution in [0, 0.1) is 0 Å². The Bertz CT molecular complexity index is 927. The second-order valence-electron chi connectivity index (χ2n) is 7.11. The molecule has 0 aliphatic carbocycles. The van der Waals surface area contributed by atoms with Crippen molar-refractivity contribution in [1.29, 1.82) is 0 Å². The third-order valence-electron chi connectivity index (χ3n) is 4.88. The quantitative estimate of drug-likeness (QED) is 0.658. The Kier molecular flexibility index (Phi) is 7.31. The lowest BCUT2D eigenvalue weighted by atomic mass is 10.2. The molecule has 9 heteroatoms. The van der Waals surface area contributed by atoms with Gasteiger partial charge in [-0.15, -0.1) is 0 Å². The van der Waals surface area contributed by atoms with Crippen LogP contribution in [0.2, 0.25) is 0 Å². The van der Waals surface area contributed by atoms with E-state index in [1.807, 2.05) is 18.2 Å². The van der Waals surface area contributed by atoms with Crippen molar-refractivity contribution in [3.05, 3.63) is 48.5 Å². The van der Waals surface area contributed by atoms with E-state index >= 15 is 0 Å². The number of hydrogen-bond donors (Lipinski definition) is 3. The maximum Gasteiger partial charge on any atom is 0.317 e. The van der Waals surface area contributed by atoms with Crippen LogP contribution in [-0.2, 0) is 9.59 Å². The fourth-order valence-electron chi connectivity index (χ4n) is 3.36. The molecule has 1 aliphatic heterocycles. The number of carbonyl (C=O) groups excluding carboxylic acids is 3. The number of hydrogen-bond acceptors (Lipinski definition) is 5. The molecule has 0 unspecified atom stereocenters. The summed E-state index contributed by atoms with van der Waals surface area (Å²) >= 11 is 0. The minimum Gasteiger partial charge on any atom is -0.495 e. The minimum absolute atomic E-state index is 0.175. The first-order valence-electron chi connectivity index (χ1n) is 10.0. The lowest BCUT2D eigenvalue weighted by molar-refractivity contribution is -0.115. The smallest absolute Gasteiger partial charge is 0.317 e. The summed E-state index contributed by atoms with van der Waals surface area (Å²) in [6, 6.07) is 14.7. The molecule has 3 N–H and O–H groups in total. The minimum atomic E-state index is -0.394. The van der Waals surface area contributed by atoms with Crippen molar-refractivity contribution in [1.82, 2.24) is 10.2 Å². The Labute approximate surface area is 181 Å². The van der Waals surface area contributed by atoms with Crippen molar-refractivity contribution in [3.63, 3.8) is 0 Å². The van der Waals surface area contributed by atoms with Gasteiger partial charge in [0.05, 0.1) is 19.3 Å². The summed E-state index contributed by atoms with van der Waals surface area (Å²) in [6.45, 7) is 3.85. The molecular weight excluding hydrogens is 398 g/mol. The van der Waals surface area contributed by atoms with E-state index in [2.05, 4.69) is 33.0 Å². The van der Waals surface area contributed by atoms with Gasteiger partial charge >= 0.3 is 6.03 Å². The molecule has 0 spiro atoms. The number of carbonyl (C=O) groups is 3. The third-order valence-corrected chi connectivity index (χ3v) is 4.88. The van der Waals surface area contributed by atoms with Crippen molar-refractivity contribution in [2.24, 2.45) is 0 Å². The van der Waals surface area contributed by atoms with Gasteiger partial charge in [0.1, 0.15) is 5.75 Å². The van der Waals surface area contributed by atoms with E-state index in [-0.39, 0.29) is 18.5 Å². The summed E-state index contributed by atoms with van der Waals surface area (Å²) in [4.78, 5) is 40.0. The van der Waals surface area contributed by atoms with Gasteiger partial charge in [-0.3, -0.25) is 9.59 Å². The Morgan fingerprint density at radius 3 is 2.32 bits per heavy atom. The molecule has 0 saturated carbocycles. The molecule has 1 saturated heterocycles. The second-order valence-corrected chi connectivity index (χ2v) is 7.11. The van der Waals surface area contributed by atoms with Gasteiger partial charge in [-0.2, -0.15) is 0 Å². The summed E-state index contributed by atoms with van der Waals surface area (Å²) in [5.74, 6) is -0.164. The zero-order chi connectivity index (χ0) is 22.2. The van der Waals surface area contributed by atoms with Gasteiger partial charge in [0.15, 0.2) is 0 Å². The first kappa shape index (κ1) is 21.9. The number of methoxy groups -OCH3 is 1. The number of rotatable bonds is 6. The summed E-state index contributed by atoms with van der Waals surface area (Å²) < 4.78 is 5.25. The van der Waals surface area contributed by atoms with Gasteiger partial charge in [0.2, 0.25) is 11.8 Å². The van der Waals surface area contributed by atoms with Crippen molar-refractivity contribution < 1.29 is 19.1 Å². The number of para-hydroxylation sites is 1. The van der Waals surface area contributed by atoms with Crippen LogP contribution in [0.25, 0.3) is 0 Å². The molecule has 1 heterocycles. The number of amides is 4. The van der Waals surface area contributed by atoms with Gasteiger partial charge in [-0.25, -0.2) is 4.79 Å². The molecule has 1 aliphatic rings. The number of urea groups is 1. The molecule has 2 aromatic rings. The van der Waals surface area contributed by atoms with Crippen molar-refractivity contribution in [2.45, 2.75) is 6.92 Å².